The SMILES string of the molecule is CCc1ccccc1NC(=O)CNC(=O)CN1C[C@@H](C)OC[C@H]1C. The second-order valence-corrected chi connectivity index (χ2v) is 6.26. The number of amides is 2. The van der Waals surface area contributed by atoms with Crippen molar-refractivity contribution in [2.24, 2.45) is 0 Å². The Kier molecular flexibility index (Phi) is 6.75. The molecule has 1 saturated heterocycles. The van der Waals surface area contributed by atoms with Crippen LogP contribution in [0, 0.1) is 0 Å². The average Bonchev–Trinajstić information content (AvgIpc) is 2.57. The molecule has 1 fully saturated rings. The number of anilines is 1. The molecule has 0 bridgehead atoms. The molecule has 1 aliphatic heterocycles. The van der Waals surface area contributed by atoms with Crippen LogP contribution in [0.15, 0.2) is 24.3 Å². The van der Waals surface area contributed by atoms with E-state index in [0.717, 1.165) is 24.2 Å². The Hall–Kier alpha value is -1.92. The van der Waals surface area contributed by atoms with Gasteiger partial charge in [-0.2, -0.15) is 0 Å². The van der Waals surface area contributed by atoms with Crippen molar-refractivity contribution in [3.63, 3.8) is 0 Å². The molecule has 0 spiro atoms. The van der Waals surface area contributed by atoms with Gasteiger partial charge in [-0.05, 0) is 31.9 Å². The van der Waals surface area contributed by atoms with Gasteiger partial charge in [0.25, 0.3) is 0 Å². The van der Waals surface area contributed by atoms with Gasteiger partial charge in [0.05, 0.1) is 25.8 Å². The summed E-state index contributed by atoms with van der Waals surface area (Å²) < 4.78 is 5.55. The van der Waals surface area contributed by atoms with E-state index < -0.39 is 0 Å². The Labute approximate surface area is 143 Å². The van der Waals surface area contributed by atoms with Crippen LogP contribution in [0.3, 0.4) is 0 Å². The zero-order valence-electron chi connectivity index (χ0n) is 14.7. The van der Waals surface area contributed by atoms with Crippen LogP contribution >= 0.6 is 0 Å². The fraction of sp³-hybridized carbons (Fsp3) is 0.556. The molecule has 1 heterocycles. The highest BCUT2D eigenvalue weighted by molar-refractivity contribution is 5.95. The van der Waals surface area contributed by atoms with Gasteiger partial charge >= 0.3 is 0 Å². The number of nitrogens with one attached hydrogen (secondary N) is 2. The lowest BCUT2D eigenvalue weighted by atomic mass is 10.1. The standard InChI is InChI=1S/C18H27N3O3/c1-4-15-7-5-6-8-16(15)20-17(22)9-19-18(23)11-21-10-14(3)24-12-13(21)2/h5-8,13-14H,4,9-12H2,1-3H3,(H,19,23)(H,20,22)/t13-,14-/m1/s1. The molecular formula is C18H27N3O3. The molecule has 0 saturated carbocycles. The van der Waals surface area contributed by atoms with Crippen molar-refractivity contribution in [2.45, 2.75) is 39.3 Å². The minimum atomic E-state index is -0.215. The Morgan fingerprint density at radius 3 is 2.75 bits per heavy atom. The lowest BCUT2D eigenvalue weighted by molar-refractivity contribution is -0.128. The largest absolute Gasteiger partial charge is 0.376 e. The summed E-state index contributed by atoms with van der Waals surface area (Å²) in [7, 11) is 0. The number of rotatable bonds is 6. The lowest BCUT2D eigenvalue weighted by Crippen LogP contribution is -2.51. The molecule has 2 atom stereocenters. The third-order valence-corrected chi connectivity index (χ3v) is 4.20. The molecule has 2 rings (SSSR count). The number of para-hydroxylation sites is 1. The molecule has 132 valence electrons. The summed E-state index contributed by atoms with van der Waals surface area (Å²) in [5.74, 6) is -0.359. The molecule has 6 heteroatoms. The third kappa shape index (κ3) is 5.32. The van der Waals surface area contributed by atoms with Gasteiger partial charge in [0.1, 0.15) is 0 Å². The van der Waals surface area contributed by atoms with Crippen molar-refractivity contribution in [1.29, 1.82) is 0 Å². The van der Waals surface area contributed by atoms with Crippen LogP contribution in [0.25, 0.3) is 0 Å². The first kappa shape index (κ1) is 18.4. The Bertz CT molecular complexity index is 576. The predicted molar refractivity (Wildman–Crippen MR) is 93.9 cm³/mol. The number of carbonyl (C=O) groups excluding carboxylic acids is 2. The molecule has 6 nitrogen and oxygen atoms in total. The Balaban J connectivity index is 1.78. The van der Waals surface area contributed by atoms with Gasteiger partial charge in [0, 0.05) is 18.3 Å². The molecule has 1 aromatic rings. The summed E-state index contributed by atoms with van der Waals surface area (Å²) in [5, 5.41) is 5.54. The van der Waals surface area contributed by atoms with E-state index in [1.807, 2.05) is 45.0 Å². The number of ether oxygens (including phenoxy) is 1. The van der Waals surface area contributed by atoms with Crippen molar-refractivity contribution in [2.75, 3.05) is 31.6 Å². The zero-order valence-corrected chi connectivity index (χ0v) is 14.7. The molecule has 2 N–H and O–H groups in total. The van der Waals surface area contributed by atoms with Crippen molar-refractivity contribution in [3.8, 4) is 0 Å². The second-order valence-electron chi connectivity index (χ2n) is 6.26. The lowest BCUT2D eigenvalue weighted by Gasteiger charge is -2.36. The topological polar surface area (TPSA) is 70.7 Å². The van der Waals surface area contributed by atoms with E-state index in [9.17, 15) is 9.59 Å². The average molecular weight is 333 g/mol. The van der Waals surface area contributed by atoms with Gasteiger partial charge in [-0.15, -0.1) is 0 Å². The van der Waals surface area contributed by atoms with E-state index in [-0.39, 0.29) is 37.0 Å². The van der Waals surface area contributed by atoms with Crippen molar-refractivity contribution in [3.05, 3.63) is 29.8 Å². The van der Waals surface area contributed by atoms with E-state index in [4.69, 9.17) is 4.74 Å². The summed E-state index contributed by atoms with van der Waals surface area (Å²) in [6.07, 6.45) is 0.971. The van der Waals surface area contributed by atoms with Crippen molar-refractivity contribution >= 4 is 17.5 Å². The van der Waals surface area contributed by atoms with E-state index in [1.165, 1.54) is 0 Å². The quantitative estimate of drug-likeness (QED) is 0.826. The third-order valence-electron chi connectivity index (χ3n) is 4.20. The number of aryl methyl sites for hydroxylation is 1. The summed E-state index contributed by atoms with van der Waals surface area (Å²) in [5.41, 5.74) is 1.88. The minimum Gasteiger partial charge on any atom is -0.376 e. The van der Waals surface area contributed by atoms with Crippen LogP contribution in [0.1, 0.15) is 26.3 Å². The molecule has 24 heavy (non-hydrogen) atoms. The first-order valence-electron chi connectivity index (χ1n) is 8.49. The smallest absolute Gasteiger partial charge is 0.243 e. The molecule has 0 radical (unpaired) electrons. The number of hydrogen-bond acceptors (Lipinski definition) is 4. The zero-order chi connectivity index (χ0) is 17.5. The number of benzene rings is 1. The maximum atomic E-state index is 12.1. The van der Waals surface area contributed by atoms with Crippen LogP contribution < -0.4 is 10.6 Å². The van der Waals surface area contributed by atoms with Crippen molar-refractivity contribution in [1.82, 2.24) is 10.2 Å². The van der Waals surface area contributed by atoms with Crippen LogP contribution in [0.5, 0.6) is 0 Å². The summed E-state index contributed by atoms with van der Waals surface area (Å²) in [6, 6.07) is 7.89. The Morgan fingerprint density at radius 1 is 1.25 bits per heavy atom. The van der Waals surface area contributed by atoms with Gasteiger partial charge in [0.2, 0.25) is 11.8 Å². The fourth-order valence-electron chi connectivity index (χ4n) is 2.76. The number of nitrogens with zero attached hydrogens (tertiary/aromatic N) is 1. The van der Waals surface area contributed by atoms with Crippen molar-refractivity contribution < 1.29 is 14.3 Å². The van der Waals surface area contributed by atoms with Crippen LogP contribution in [-0.2, 0) is 20.7 Å². The summed E-state index contributed by atoms with van der Waals surface area (Å²) in [6.45, 7) is 7.69. The first-order valence-corrected chi connectivity index (χ1v) is 8.49. The first-order chi connectivity index (χ1) is 11.5. The van der Waals surface area contributed by atoms with Gasteiger partial charge < -0.3 is 15.4 Å². The maximum absolute atomic E-state index is 12.1. The predicted octanol–water partition coefficient (Wildman–Crippen LogP) is 1.41. The van der Waals surface area contributed by atoms with Gasteiger partial charge in [-0.25, -0.2) is 0 Å². The molecule has 0 aromatic heterocycles. The highest BCUT2D eigenvalue weighted by Gasteiger charge is 2.25. The number of carbonyl (C=O) groups is 2. The number of hydrogen-bond donors (Lipinski definition) is 2. The molecule has 2 amide bonds. The van der Waals surface area contributed by atoms with Gasteiger partial charge in [-0.3, -0.25) is 14.5 Å². The second kappa shape index (κ2) is 8.80. The maximum Gasteiger partial charge on any atom is 0.243 e. The molecule has 1 aromatic carbocycles. The normalized spacial score (nSPS) is 21.3. The van der Waals surface area contributed by atoms with E-state index >= 15 is 0 Å². The highest BCUT2D eigenvalue weighted by Crippen LogP contribution is 2.15. The van der Waals surface area contributed by atoms with Crippen LogP contribution in [0.4, 0.5) is 5.69 Å². The van der Waals surface area contributed by atoms with Gasteiger partial charge in [-0.1, -0.05) is 25.1 Å². The molecule has 1 aliphatic rings. The van der Waals surface area contributed by atoms with Crippen LogP contribution in [-0.4, -0.2) is 55.1 Å². The van der Waals surface area contributed by atoms with Gasteiger partial charge in [0.15, 0.2) is 0 Å². The highest BCUT2D eigenvalue weighted by atomic mass is 16.5. The van der Waals surface area contributed by atoms with E-state index in [0.29, 0.717) is 6.61 Å². The summed E-state index contributed by atoms with van der Waals surface area (Å²) >= 11 is 0. The molecule has 0 aliphatic carbocycles. The Morgan fingerprint density at radius 2 is 2.00 bits per heavy atom. The number of morpholine rings is 1. The van der Waals surface area contributed by atoms with E-state index in [1.54, 1.807) is 0 Å². The monoisotopic (exact) mass is 333 g/mol. The van der Waals surface area contributed by atoms with E-state index in [2.05, 4.69) is 15.5 Å². The molecular weight excluding hydrogens is 306 g/mol. The summed E-state index contributed by atoms with van der Waals surface area (Å²) in [4.78, 5) is 26.2. The fourth-order valence-corrected chi connectivity index (χ4v) is 2.76. The molecule has 0 unspecified atom stereocenters. The van der Waals surface area contributed by atoms with Crippen LogP contribution in [0.2, 0.25) is 0 Å². The minimum absolute atomic E-state index is 0.0227.